The number of hydrogen-bond acceptors (Lipinski definition) is 6. The Labute approximate surface area is 223 Å². The topological polar surface area (TPSA) is 93.1 Å². The van der Waals surface area contributed by atoms with Gasteiger partial charge in [0, 0.05) is 6.42 Å². The zero-order valence-corrected chi connectivity index (χ0v) is 24.4. The number of hydrogen-bond donors (Lipinski definition) is 2. The SMILES string of the molecule is C=C1C(=CC=C2CCC[C@@]3(C)C2CC[C@@H]3[C@H](C)C=CC(=O)P(=O)(OC(C)C)OC(C)C)C[C@@H](O)C[C@@H]1O. The van der Waals surface area contributed by atoms with Crippen molar-refractivity contribution in [2.45, 2.75) is 111 Å². The molecule has 3 aliphatic rings. The molecular formula is C30H47O6P. The molecule has 0 amide bonds. The Morgan fingerprint density at radius 2 is 1.76 bits per heavy atom. The zero-order chi connectivity index (χ0) is 27.5. The minimum Gasteiger partial charge on any atom is -0.393 e. The van der Waals surface area contributed by atoms with Gasteiger partial charge >= 0.3 is 7.60 Å². The number of aliphatic hydroxyl groups excluding tert-OH is 2. The highest BCUT2D eigenvalue weighted by Crippen LogP contribution is 2.60. The zero-order valence-electron chi connectivity index (χ0n) is 23.5. The quantitative estimate of drug-likeness (QED) is 0.247. The molecule has 3 fully saturated rings. The average Bonchev–Trinajstić information content (AvgIpc) is 3.15. The Balaban J connectivity index is 1.76. The van der Waals surface area contributed by atoms with Gasteiger partial charge in [0.05, 0.1) is 24.4 Å². The normalized spacial score (nSPS) is 34.2. The number of carbonyl (C=O) groups excluding carboxylic acids is 1. The fourth-order valence-electron chi connectivity index (χ4n) is 6.75. The first-order valence-electron chi connectivity index (χ1n) is 13.9. The lowest BCUT2D eigenvalue weighted by Gasteiger charge is -2.44. The summed E-state index contributed by atoms with van der Waals surface area (Å²) in [5.41, 5.74) is 2.61. The molecule has 0 aromatic heterocycles. The van der Waals surface area contributed by atoms with Gasteiger partial charge in [0.2, 0.25) is 0 Å². The highest BCUT2D eigenvalue weighted by molar-refractivity contribution is 7.72. The molecule has 3 saturated carbocycles. The smallest absolute Gasteiger partial charge is 0.393 e. The second-order valence-electron chi connectivity index (χ2n) is 12.0. The summed E-state index contributed by atoms with van der Waals surface area (Å²) < 4.78 is 24.1. The van der Waals surface area contributed by atoms with Gasteiger partial charge in [-0.3, -0.25) is 9.36 Å². The molecule has 1 unspecified atom stereocenters. The van der Waals surface area contributed by atoms with Crippen LogP contribution in [0.25, 0.3) is 0 Å². The molecule has 0 heterocycles. The van der Waals surface area contributed by atoms with E-state index in [0.717, 1.165) is 37.7 Å². The van der Waals surface area contributed by atoms with Gasteiger partial charge in [-0.25, -0.2) is 0 Å². The third-order valence-electron chi connectivity index (χ3n) is 8.45. The van der Waals surface area contributed by atoms with Gasteiger partial charge in [-0.05, 0) is 107 Å². The summed E-state index contributed by atoms with van der Waals surface area (Å²) in [6, 6.07) is 0. The van der Waals surface area contributed by atoms with Crippen molar-refractivity contribution in [3.05, 3.63) is 47.6 Å². The molecule has 0 bridgehead atoms. The van der Waals surface area contributed by atoms with Gasteiger partial charge in [-0.15, -0.1) is 0 Å². The van der Waals surface area contributed by atoms with Crippen LogP contribution < -0.4 is 0 Å². The van der Waals surface area contributed by atoms with Gasteiger partial charge in [0.1, 0.15) is 0 Å². The minimum atomic E-state index is -3.89. The molecule has 208 valence electrons. The van der Waals surface area contributed by atoms with Gasteiger partial charge in [-0.2, -0.15) is 0 Å². The predicted octanol–water partition coefficient (Wildman–Crippen LogP) is 6.89. The molecule has 3 rings (SSSR count). The van der Waals surface area contributed by atoms with Crippen LogP contribution in [0.3, 0.4) is 0 Å². The number of aliphatic hydroxyl groups is 2. The van der Waals surface area contributed by atoms with Crippen molar-refractivity contribution < 1.29 is 28.6 Å². The molecule has 0 aliphatic heterocycles. The highest BCUT2D eigenvalue weighted by atomic mass is 31.2. The Morgan fingerprint density at radius 3 is 2.38 bits per heavy atom. The van der Waals surface area contributed by atoms with Crippen LogP contribution in [0.2, 0.25) is 0 Å². The van der Waals surface area contributed by atoms with Gasteiger partial charge < -0.3 is 19.3 Å². The Bertz CT molecular complexity index is 978. The molecule has 2 N–H and O–H groups in total. The molecule has 6 nitrogen and oxygen atoms in total. The van der Waals surface area contributed by atoms with E-state index in [2.05, 4.69) is 32.6 Å². The molecule has 0 saturated heterocycles. The second-order valence-corrected chi connectivity index (χ2v) is 13.9. The van der Waals surface area contributed by atoms with E-state index in [-0.39, 0.29) is 23.5 Å². The van der Waals surface area contributed by atoms with Crippen molar-refractivity contribution >= 4 is 13.1 Å². The van der Waals surface area contributed by atoms with Crippen LogP contribution in [0.15, 0.2) is 47.6 Å². The Hall–Kier alpha value is -1.30. The lowest BCUT2D eigenvalue weighted by Crippen LogP contribution is -2.35. The van der Waals surface area contributed by atoms with E-state index in [0.29, 0.717) is 30.3 Å². The molecule has 0 radical (unpaired) electrons. The molecule has 0 spiro atoms. The highest BCUT2D eigenvalue weighted by Gasteiger charge is 2.50. The fraction of sp³-hybridized carbons (Fsp3) is 0.700. The predicted molar refractivity (Wildman–Crippen MR) is 148 cm³/mol. The summed E-state index contributed by atoms with van der Waals surface area (Å²) in [7, 11) is -3.89. The second kappa shape index (κ2) is 12.3. The molecule has 37 heavy (non-hydrogen) atoms. The average molecular weight is 535 g/mol. The summed E-state index contributed by atoms with van der Waals surface area (Å²) in [6.07, 6.45) is 12.0. The summed E-state index contributed by atoms with van der Waals surface area (Å²) in [5.74, 6) is 1.01. The van der Waals surface area contributed by atoms with E-state index >= 15 is 0 Å². The summed E-state index contributed by atoms with van der Waals surface area (Å²) in [4.78, 5) is 12.9. The monoisotopic (exact) mass is 534 g/mol. The largest absolute Gasteiger partial charge is 0.401 e. The standard InChI is InChI=1S/C30H47O6P/c1-19(2)35-37(34,36-20(3)4)29(33)15-10-21(5)26-13-14-27-23(9-8-16-30(26,27)7)11-12-24-17-25(31)18-28(32)22(24)6/h10-12,15,19-21,25-28,31-32H,6,8-9,13-14,16-18H2,1-5,7H3/t21-,25-,26-,27?,28+,30-/m1/s1. The first-order valence-corrected chi connectivity index (χ1v) is 15.5. The lowest BCUT2D eigenvalue weighted by atomic mass is 9.61. The fourth-order valence-corrected chi connectivity index (χ4v) is 8.39. The van der Waals surface area contributed by atoms with Crippen LogP contribution in [-0.2, 0) is 18.4 Å². The Kier molecular flexibility index (Phi) is 10.0. The minimum absolute atomic E-state index is 0.116. The van der Waals surface area contributed by atoms with Crippen LogP contribution in [0, 0.1) is 23.2 Å². The lowest BCUT2D eigenvalue weighted by molar-refractivity contribution is -0.110. The van der Waals surface area contributed by atoms with Crippen LogP contribution in [0.5, 0.6) is 0 Å². The third kappa shape index (κ3) is 7.02. The van der Waals surface area contributed by atoms with Crippen molar-refractivity contribution in [1.29, 1.82) is 0 Å². The Morgan fingerprint density at radius 1 is 1.11 bits per heavy atom. The molecule has 3 aliphatic carbocycles. The van der Waals surface area contributed by atoms with E-state index in [1.54, 1.807) is 27.7 Å². The van der Waals surface area contributed by atoms with E-state index in [1.807, 2.05) is 6.08 Å². The van der Waals surface area contributed by atoms with Gasteiger partial charge in [-0.1, -0.05) is 44.2 Å². The van der Waals surface area contributed by atoms with Crippen molar-refractivity contribution in [2.24, 2.45) is 23.2 Å². The van der Waals surface area contributed by atoms with Crippen molar-refractivity contribution in [3.63, 3.8) is 0 Å². The van der Waals surface area contributed by atoms with Crippen LogP contribution in [0.4, 0.5) is 0 Å². The molecule has 0 aromatic rings. The van der Waals surface area contributed by atoms with Crippen LogP contribution >= 0.6 is 7.60 Å². The van der Waals surface area contributed by atoms with Gasteiger partial charge in [0.15, 0.2) is 0 Å². The first kappa shape index (κ1) is 30.2. The molecule has 7 heteroatoms. The molecule has 6 atom stereocenters. The van der Waals surface area contributed by atoms with Crippen LogP contribution in [0.1, 0.15) is 86.5 Å². The number of allylic oxidation sites excluding steroid dienone is 5. The number of rotatable bonds is 9. The number of fused-ring (bicyclic) bond motifs is 1. The first-order chi connectivity index (χ1) is 17.3. The maximum Gasteiger partial charge on any atom is 0.401 e. The number of carbonyl (C=O) groups is 1. The van der Waals surface area contributed by atoms with Crippen LogP contribution in [-0.4, -0.2) is 40.2 Å². The van der Waals surface area contributed by atoms with Crippen molar-refractivity contribution in [1.82, 2.24) is 0 Å². The van der Waals surface area contributed by atoms with E-state index in [9.17, 15) is 19.6 Å². The van der Waals surface area contributed by atoms with E-state index in [1.165, 1.54) is 11.6 Å². The van der Waals surface area contributed by atoms with Crippen molar-refractivity contribution in [3.8, 4) is 0 Å². The van der Waals surface area contributed by atoms with Gasteiger partial charge in [0.25, 0.3) is 5.52 Å². The molecular weight excluding hydrogens is 487 g/mol. The summed E-state index contributed by atoms with van der Waals surface area (Å²) >= 11 is 0. The third-order valence-corrected chi connectivity index (χ3v) is 10.5. The summed E-state index contributed by atoms with van der Waals surface area (Å²) in [5, 5.41) is 20.3. The van der Waals surface area contributed by atoms with E-state index in [4.69, 9.17) is 9.05 Å². The molecule has 0 aromatic carbocycles. The van der Waals surface area contributed by atoms with E-state index < -0.39 is 25.3 Å². The maximum absolute atomic E-state index is 13.2. The maximum atomic E-state index is 13.2. The van der Waals surface area contributed by atoms with Crippen molar-refractivity contribution in [2.75, 3.05) is 0 Å². The summed E-state index contributed by atoms with van der Waals surface area (Å²) in [6.45, 7) is 15.5.